The molecule has 2 aromatic carbocycles. The van der Waals surface area contributed by atoms with Crippen LogP contribution in [0.15, 0.2) is 54.4 Å². The molecule has 0 saturated carbocycles. The molecule has 6 heteroatoms. The van der Waals surface area contributed by atoms with Crippen molar-refractivity contribution >= 4 is 5.78 Å². The van der Waals surface area contributed by atoms with Crippen LogP contribution < -0.4 is 0 Å². The number of hydrogen-bond acceptors (Lipinski definition) is 5. The first-order chi connectivity index (χ1) is 18.2. The maximum atomic E-state index is 11.7. The second-order valence-corrected chi connectivity index (χ2v) is 9.63. The summed E-state index contributed by atoms with van der Waals surface area (Å²) in [6, 6.07) is 17.0. The molecule has 3 aromatic rings. The van der Waals surface area contributed by atoms with E-state index in [1.807, 2.05) is 59.7 Å². The number of carbonyl (C=O) groups is 1. The molecule has 1 N–H and O–H groups in total. The Morgan fingerprint density at radius 1 is 1.03 bits per heavy atom. The van der Waals surface area contributed by atoms with Crippen molar-refractivity contribution in [1.82, 2.24) is 9.97 Å². The van der Waals surface area contributed by atoms with E-state index in [0.717, 1.165) is 59.5 Å². The first kappa shape index (κ1) is 33.9. The first-order valence-corrected chi connectivity index (χ1v) is 13.5. The Morgan fingerprint density at radius 2 is 1.67 bits per heavy atom. The van der Waals surface area contributed by atoms with E-state index in [2.05, 4.69) is 41.2 Å². The van der Waals surface area contributed by atoms with Crippen molar-refractivity contribution in [1.29, 1.82) is 5.26 Å². The number of hydrogen-bond donors (Lipinski definition) is 1. The van der Waals surface area contributed by atoms with Crippen LogP contribution in [-0.4, -0.2) is 20.9 Å². The number of aryl methyl sites for hydroxylation is 3. The van der Waals surface area contributed by atoms with Gasteiger partial charge in [-0.05, 0) is 44.7 Å². The summed E-state index contributed by atoms with van der Waals surface area (Å²) in [6.07, 6.45) is 6.66. The fourth-order valence-electron chi connectivity index (χ4n) is 4.44. The summed E-state index contributed by atoms with van der Waals surface area (Å²) < 4.78 is 0. The molecule has 0 fully saturated rings. The number of allylic oxidation sites excluding steroid dienone is 2. The zero-order valence-corrected chi connectivity index (χ0v) is 26.5. The molecule has 5 nitrogen and oxygen atoms in total. The molecule has 1 aromatic heterocycles. The minimum Gasteiger partial charge on any atom is -0.512 e. The number of aromatic nitrogens is 2. The summed E-state index contributed by atoms with van der Waals surface area (Å²) in [5, 5.41) is 18.8. The number of nitrogens with zero attached hydrogens (tertiary/aromatic N) is 3. The molecule has 39 heavy (non-hydrogen) atoms. The van der Waals surface area contributed by atoms with Crippen molar-refractivity contribution in [2.24, 2.45) is 11.8 Å². The molecule has 0 saturated heterocycles. The molecule has 0 aliphatic heterocycles. The molecular weight excluding hydrogens is 663 g/mol. The average Bonchev–Trinajstić information content (AvgIpc) is 2.90. The normalized spacial score (nSPS) is 10.9. The van der Waals surface area contributed by atoms with Crippen LogP contribution in [0, 0.1) is 50.0 Å². The molecule has 3 rings (SSSR count). The van der Waals surface area contributed by atoms with Gasteiger partial charge in [-0.1, -0.05) is 53.7 Å². The summed E-state index contributed by atoms with van der Waals surface area (Å²) >= 11 is 0. The summed E-state index contributed by atoms with van der Waals surface area (Å²) in [5.41, 5.74) is 7.22. The van der Waals surface area contributed by atoms with Gasteiger partial charge in [0, 0.05) is 61.2 Å². The molecule has 0 aliphatic rings. The van der Waals surface area contributed by atoms with Gasteiger partial charge in [-0.15, -0.1) is 34.9 Å². The standard InChI is InChI=1S/C20H16N3.C13H24O2.Ir/c1-13-7-14(2)9-18(8-13)20-15(3)23-19(12-22-20)17-6-4-5-16(10-17)11-21;1-5-10(6-2)12(14)9-13(15)11(7-3)8-4;/h4-8,10,12H,1-3H3;9-11,14H,5-8H2,1-4H3;/q-1;;/b;12-9-;. The molecule has 0 atom stereocenters. The van der Waals surface area contributed by atoms with E-state index < -0.39 is 0 Å². The van der Waals surface area contributed by atoms with E-state index in [1.54, 1.807) is 12.3 Å². The Morgan fingerprint density at radius 3 is 2.21 bits per heavy atom. The third-order valence-electron chi connectivity index (χ3n) is 6.72. The molecule has 0 unspecified atom stereocenters. The Hall–Kier alpha value is -3.13. The van der Waals surface area contributed by atoms with Crippen LogP contribution in [0.4, 0.5) is 0 Å². The Kier molecular flexibility index (Phi) is 14.6. The van der Waals surface area contributed by atoms with Crippen LogP contribution >= 0.6 is 0 Å². The van der Waals surface area contributed by atoms with Crippen LogP contribution in [0.2, 0.25) is 0 Å². The fourth-order valence-corrected chi connectivity index (χ4v) is 4.44. The van der Waals surface area contributed by atoms with Gasteiger partial charge >= 0.3 is 0 Å². The fraction of sp³-hybridized carbons (Fsp3) is 0.394. The molecule has 0 bridgehead atoms. The van der Waals surface area contributed by atoms with Gasteiger partial charge in [-0.25, -0.2) is 0 Å². The topological polar surface area (TPSA) is 86.9 Å². The molecule has 0 spiro atoms. The third kappa shape index (κ3) is 9.84. The number of rotatable bonds is 9. The number of aliphatic hydroxyl groups excluding tert-OH is 1. The van der Waals surface area contributed by atoms with Gasteiger partial charge in [-0.3, -0.25) is 9.78 Å². The molecule has 0 amide bonds. The predicted molar refractivity (Wildman–Crippen MR) is 155 cm³/mol. The zero-order chi connectivity index (χ0) is 28.2. The summed E-state index contributed by atoms with van der Waals surface area (Å²) in [7, 11) is 0. The number of benzene rings is 2. The van der Waals surface area contributed by atoms with E-state index in [1.165, 1.54) is 11.6 Å². The quantitative estimate of drug-likeness (QED) is 0.138. The van der Waals surface area contributed by atoms with Gasteiger partial charge in [0.1, 0.15) is 0 Å². The predicted octanol–water partition coefficient (Wildman–Crippen LogP) is 8.28. The number of nitriles is 1. The van der Waals surface area contributed by atoms with E-state index in [4.69, 9.17) is 5.26 Å². The zero-order valence-electron chi connectivity index (χ0n) is 24.1. The Bertz CT molecular complexity index is 1280. The van der Waals surface area contributed by atoms with E-state index in [-0.39, 0.29) is 43.5 Å². The van der Waals surface area contributed by atoms with E-state index in [9.17, 15) is 9.90 Å². The summed E-state index contributed by atoms with van der Waals surface area (Å²) in [5.74, 6) is 0.547. The summed E-state index contributed by atoms with van der Waals surface area (Å²) in [4.78, 5) is 21.0. The van der Waals surface area contributed by atoms with Gasteiger partial charge < -0.3 is 10.1 Å². The van der Waals surface area contributed by atoms with Gasteiger partial charge in [0.25, 0.3) is 0 Å². The monoisotopic (exact) mass is 703 g/mol. The molecule has 1 radical (unpaired) electrons. The van der Waals surface area contributed by atoms with Crippen molar-refractivity contribution in [3.63, 3.8) is 0 Å². The van der Waals surface area contributed by atoms with Gasteiger partial charge in [0.05, 0.1) is 23.1 Å². The second-order valence-electron chi connectivity index (χ2n) is 9.63. The molecular formula is C33H40IrN3O2-. The van der Waals surface area contributed by atoms with Gasteiger partial charge in [0.15, 0.2) is 5.78 Å². The molecule has 1 heterocycles. The van der Waals surface area contributed by atoms with E-state index in [0.29, 0.717) is 5.56 Å². The van der Waals surface area contributed by atoms with Gasteiger partial charge in [-0.2, -0.15) is 5.26 Å². The maximum absolute atomic E-state index is 11.7. The van der Waals surface area contributed by atoms with Crippen LogP contribution in [0.3, 0.4) is 0 Å². The third-order valence-corrected chi connectivity index (χ3v) is 6.72. The van der Waals surface area contributed by atoms with Crippen LogP contribution in [-0.2, 0) is 24.9 Å². The summed E-state index contributed by atoms with van der Waals surface area (Å²) in [6.45, 7) is 14.1. The second kappa shape index (κ2) is 16.7. The Balaban J connectivity index is 0.000000418. The minimum atomic E-state index is 0. The smallest absolute Gasteiger partial charge is 0.162 e. The largest absolute Gasteiger partial charge is 0.512 e. The maximum Gasteiger partial charge on any atom is 0.162 e. The van der Waals surface area contributed by atoms with Crippen LogP contribution in [0.5, 0.6) is 0 Å². The van der Waals surface area contributed by atoms with Crippen molar-refractivity contribution in [2.45, 2.75) is 74.1 Å². The van der Waals surface area contributed by atoms with Crippen molar-refractivity contribution in [3.8, 4) is 28.6 Å². The van der Waals surface area contributed by atoms with Crippen molar-refractivity contribution in [2.75, 3.05) is 0 Å². The average molecular weight is 703 g/mol. The van der Waals surface area contributed by atoms with Gasteiger partial charge in [0.2, 0.25) is 0 Å². The van der Waals surface area contributed by atoms with Crippen molar-refractivity contribution < 1.29 is 30.0 Å². The number of ketones is 1. The van der Waals surface area contributed by atoms with Crippen LogP contribution in [0.1, 0.15) is 75.8 Å². The van der Waals surface area contributed by atoms with E-state index >= 15 is 0 Å². The number of carbonyl (C=O) groups excluding carboxylic acids is 1. The minimum absolute atomic E-state index is 0. The molecule has 209 valence electrons. The molecule has 0 aliphatic carbocycles. The Labute approximate surface area is 247 Å². The van der Waals surface area contributed by atoms with Crippen LogP contribution in [0.25, 0.3) is 22.5 Å². The van der Waals surface area contributed by atoms with Crippen molar-refractivity contribution in [3.05, 3.63) is 82.9 Å². The SMILES string of the molecule is CCC(CC)C(=O)/C=C(\O)C(CC)CC.Cc1[c-]c(-c2ncc(-c3cccc(C#N)c3)nc2C)cc(C)c1.[Ir]. The first-order valence-electron chi connectivity index (χ1n) is 13.5. The number of aliphatic hydroxyl groups is 1.